The van der Waals surface area contributed by atoms with E-state index in [1.807, 2.05) is 24.3 Å². The van der Waals surface area contributed by atoms with E-state index in [9.17, 15) is 14.3 Å². The number of halogens is 1. The van der Waals surface area contributed by atoms with Crippen LogP contribution >= 0.6 is 11.3 Å². The van der Waals surface area contributed by atoms with Gasteiger partial charge in [-0.05, 0) is 72.9 Å². The van der Waals surface area contributed by atoms with Crippen LogP contribution in [0.4, 0.5) is 9.52 Å². The fraction of sp³-hybridized carbons (Fsp3) is 0.231. The molecular weight excluding hydrogens is 439 g/mol. The molecule has 4 aromatic rings. The number of aromatic nitrogens is 1. The molecule has 0 unspecified atom stereocenters. The number of anilines is 1. The van der Waals surface area contributed by atoms with Crippen molar-refractivity contribution in [1.29, 1.82) is 0 Å². The Kier molecular flexibility index (Phi) is 6.60. The number of hydrogen-bond donors (Lipinski definition) is 1. The zero-order chi connectivity index (χ0) is 23.5. The molecule has 4 rings (SSSR count). The van der Waals surface area contributed by atoms with E-state index in [0.717, 1.165) is 28.4 Å². The summed E-state index contributed by atoms with van der Waals surface area (Å²) in [7, 11) is 1.67. The smallest absolute Gasteiger partial charge is 0.335 e. The molecule has 0 saturated heterocycles. The number of nitrogens with zero attached hydrogens (tertiary/aromatic N) is 2. The van der Waals surface area contributed by atoms with E-state index in [2.05, 4.69) is 29.8 Å². The molecule has 0 aliphatic rings. The fourth-order valence-electron chi connectivity index (χ4n) is 3.85. The summed E-state index contributed by atoms with van der Waals surface area (Å²) in [5.74, 6) is -0.359. The Morgan fingerprint density at radius 3 is 2.52 bits per heavy atom. The van der Waals surface area contributed by atoms with Gasteiger partial charge in [0.1, 0.15) is 11.6 Å². The number of rotatable bonds is 8. The molecule has 1 N–H and O–H groups in total. The molecule has 0 aliphatic heterocycles. The van der Waals surface area contributed by atoms with Gasteiger partial charge in [-0.3, -0.25) is 0 Å². The maximum absolute atomic E-state index is 14.3. The van der Waals surface area contributed by atoms with Gasteiger partial charge in [0.25, 0.3) is 0 Å². The van der Waals surface area contributed by atoms with Crippen molar-refractivity contribution in [2.24, 2.45) is 0 Å². The SMILES string of the molecule is COc1ccc(CCN(Cc2ccc(C(=O)O)cc2)c2nc3cccc(F)c3s2)c(C)c1C. The second-order valence-electron chi connectivity index (χ2n) is 7.94. The van der Waals surface area contributed by atoms with E-state index < -0.39 is 5.97 Å². The third-order valence-electron chi connectivity index (χ3n) is 5.92. The first kappa shape index (κ1) is 22.7. The summed E-state index contributed by atoms with van der Waals surface area (Å²) < 4.78 is 20.3. The van der Waals surface area contributed by atoms with Crippen molar-refractivity contribution in [3.05, 3.63) is 88.2 Å². The van der Waals surface area contributed by atoms with Gasteiger partial charge in [-0.1, -0.05) is 35.6 Å². The fourth-order valence-corrected chi connectivity index (χ4v) is 4.85. The molecule has 0 bridgehead atoms. The van der Waals surface area contributed by atoms with E-state index in [1.165, 1.54) is 28.5 Å². The molecule has 0 radical (unpaired) electrons. The first-order valence-corrected chi connectivity index (χ1v) is 11.4. The summed E-state index contributed by atoms with van der Waals surface area (Å²) in [5, 5.41) is 9.91. The van der Waals surface area contributed by atoms with Crippen molar-refractivity contribution < 1.29 is 19.0 Å². The minimum Gasteiger partial charge on any atom is -0.496 e. The second kappa shape index (κ2) is 9.58. The monoisotopic (exact) mass is 464 g/mol. The molecule has 7 heteroatoms. The lowest BCUT2D eigenvalue weighted by Gasteiger charge is -2.23. The Morgan fingerprint density at radius 2 is 1.85 bits per heavy atom. The molecule has 0 spiro atoms. The predicted molar refractivity (Wildman–Crippen MR) is 130 cm³/mol. The van der Waals surface area contributed by atoms with Gasteiger partial charge in [0.15, 0.2) is 5.13 Å². The molecule has 0 aliphatic carbocycles. The van der Waals surface area contributed by atoms with Crippen LogP contribution in [0.5, 0.6) is 5.75 Å². The molecule has 0 saturated carbocycles. The minimum absolute atomic E-state index is 0.247. The Bertz CT molecular complexity index is 1300. The van der Waals surface area contributed by atoms with Crippen LogP contribution in [-0.4, -0.2) is 29.7 Å². The van der Waals surface area contributed by atoms with Crippen LogP contribution in [-0.2, 0) is 13.0 Å². The predicted octanol–water partition coefficient (Wildman–Crippen LogP) is 6.01. The highest BCUT2D eigenvalue weighted by atomic mass is 32.1. The van der Waals surface area contributed by atoms with Crippen molar-refractivity contribution in [3.8, 4) is 5.75 Å². The van der Waals surface area contributed by atoms with E-state index in [0.29, 0.717) is 23.3 Å². The van der Waals surface area contributed by atoms with Crippen molar-refractivity contribution >= 4 is 32.7 Å². The van der Waals surface area contributed by atoms with Crippen LogP contribution in [0.3, 0.4) is 0 Å². The van der Waals surface area contributed by atoms with Crippen LogP contribution in [0, 0.1) is 19.7 Å². The number of ether oxygens (including phenoxy) is 1. The van der Waals surface area contributed by atoms with Gasteiger partial charge < -0.3 is 14.7 Å². The van der Waals surface area contributed by atoms with Gasteiger partial charge in [-0.15, -0.1) is 0 Å². The summed E-state index contributed by atoms with van der Waals surface area (Å²) in [4.78, 5) is 18.0. The lowest BCUT2D eigenvalue weighted by molar-refractivity contribution is 0.0697. The second-order valence-corrected chi connectivity index (χ2v) is 8.91. The number of hydrogen-bond acceptors (Lipinski definition) is 5. The van der Waals surface area contributed by atoms with E-state index in [4.69, 9.17) is 4.74 Å². The quantitative estimate of drug-likeness (QED) is 0.346. The number of benzene rings is 3. The Balaban J connectivity index is 1.64. The van der Waals surface area contributed by atoms with Crippen molar-refractivity contribution in [2.75, 3.05) is 18.6 Å². The van der Waals surface area contributed by atoms with Crippen LogP contribution in [0.25, 0.3) is 10.2 Å². The number of carboxylic acid groups (broad SMARTS) is 1. The number of fused-ring (bicyclic) bond motifs is 1. The molecule has 3 aromatic carbocycles. The first-order chi connectivity index (χ1) is 15.9. The maximum Gasteiger partial charge on any atom is 0.335 e. The van der Waals surface area contributed by atoms with E-state index in [1.54, 1.807) is 25.3 Å². The van der Waals surface area contributed by atoms with Gasteiger partial charge in [0.2, 0.25) is 0 Å². The van der Waals surface area contributed by atoms with Gasteiger partial charge in [-0.2, -0.15) is 0 Å². The molecule has 33 heavy (non-hydrogen) atoms. The zero-order valence-corrected chi connectivity index (χ0v) is 19.6. The van der Waals surface area contributed by atoms with Crippen LogP contribution in [0.1, 0.15) is 32.6 Å². The van der Waals surface area contributed by atoms with E-state index >= 15 is 0 Å². The van der Waals surface area contributed by atoms with E-state index in [-0.39, 0.29) is 11.4 Å². The van der Waals surface area contributed by atoms with Crippen LogP contribution in [0.15, 0.2) is 54.6 Å². The molecule has 1 aromatic heterocycles. The first-order valence-electron chi connectivity index (χ1n) is 10.6. The highest BCUT2D eigenvalue weighted by Gasteiger charge is 2.16. The maximum atomic E-state index is 14.3. The van der Waals surface area contributed by atoms with Gasteiger partial charge in [0, 0.05) is 13.1 Å². The lowest BCUT2D eigenvalue weighted by Crippen LogP contribution is -2.25. The highest BCUT2D eigenvalue weighted by molar-refractivity contribution is 7.22. The van der Waals surface area contributed by atoms with Crippen LogP contribution < -0.4 is 9.64 Å². The number of carbonyl (C=O) groups is 1. The average molecular weight is 465 g/mol. The normalized spacial score (nSPS) is 11.0. The summed E-state index contributed by atoms with van der Waals surface area (Å²) in [5.41, 5.74) is 5.37. The van der Waals surface area contributed by atoms with Gasteiger partial charge in [-0.25, -0.2) is 14.2 Å². The summed E-state index contributed by atoms with van der Waals surface area (Å²) in [6.45, 7) is 5.36. The highest BCUT2D eigenvalue weighted by Crippen LogP contribution is 2.32. The Labute approximate surface area is 196 Å². The summed E-state index contributed by atoms with van der Waals surface area (Å²) in [6.07, 6.45) is 0.780. The molecule has 0 atom stereocenters. The topological polar surface area (TPSA) is 62.7 Å². The molecule has 5 nitrogen and oxygen atoms in total. The average Bonchev–Trinajstić information content (AvgIpc) is 3.25. The van der Waals surface area contributed by atoms with Gasteiger partial charge in [0.05, 0.1) is 22.9 Å². The number of methoxy groups -OCH3 is 1. The molecule has 0 fully saturated rings. The Morgan fingerprint density at radius 1 is 1.09 bits per heavy atom. The molecule has 170 valence electrons. The van der Waals surface area contributed by atoms with Crippen molar-refractivity contribution in [2.45, 2.75) is 26.8 Å². The number of thiazole rings is 1. The third kappa shape index (κ3) is 4.83. The van der Waals surface area contributed by atoms with Crippen molar-refractivity contribution in [3.63, 3.8) is 0 Å². The van der Waals surface area contributed by atoms with Crippen molar-refractivity contribution in [1.82, 2.24) is 4.98 Å². The number of aromatic carboxylic acids is 1. The minimum atomic E-state index is -0.953. The number of carboxylic acids is 1. The molecule has 1 heterocycles. The standard InChI is InChI=1S/C26H25FN2O3S/c1-16-17(2)23(32-3)12-11-19(16)13-14-29(15-18-7-9-20(10-8-18)25(30)31)26-28-22-6-4-5-21(27)24(22)33-26/h4-12H,13-15H2,1-3H3,(H,30,31). The molecule has 0 amide bonds. The van der Waals surface area contributed by atoms with Gasteiger partial charge >= 0.3 is 5.97 Å². The summed E-state index contributed by atoms with van der Waals surface area (Å²) >= 11 is 1.33. The Hall–Kier alpha value is -3.45. The molecular formula is C26H25FN2O3S. The van der Waals surface area contributed by atoms with Crippen LogP contribution in [0.2, 0.25) is 0 Å². The largest absolute Gasteiger partial charge is 0.496 e. The zero-order valence-electron chi connectivity index (χ0n) is 18.8. The third-order valence-corrected chi connectivity index (χ3v) is 7.06. The summed E-state index contributed by atoms with van der Waals surface area (Å²) in [6, 6.07) is 15.8. The lowest BCUT2D eigenvalue weighted by atomic mass is 10.00.